The molecular formula is C30H28Cl2N2O4S. The highest BCUT2D eigenvalue weighted by molar-refractivity contribution is 7.92. The molecule has 4 rings (SSSR count). The van der Waals surface area contributed by atoms with E-state index in [0.717, 1.165) is 16.7 Å². The van der Waals surface area contributed by atoms with Crippen LogP contribution in [0.5, 0.6) is 5.75 Å². The van der Waals surface area contributed by atoms with E-state index in [2.05, 4.69) is 5.32 Å². The van der Waals surface area contributed by atoms with Crippen molar-refractivity contribution in [2.45, 2.75) is 25.3 Å². The molecule has 4 aromatic carbocycles. The molecule has 0 heterocycles. The van der Waals surface area contributed by atoms with Crippen molar-refractivity contribution in [3.05, 3.63) is 123 Å². The summed E-state index contributed by atoms with van der Waals surface area (Å²) < 4.78 is 34.7. The third-order valence-corrected chi connectivity index (χ3v) is 8.50. The predicted molar refractivity (Wildman–Crippen MR) is 156 cm³/mol. The second-order valence-electron chi connectivity index (χ2n) is 8.98. The van der Waals surface area contributed by atoms with E-state index in [0.29, 0.717) is 15.8 Å². The van der Waals surface area contributed by atoms with E-state index >= 15 is 0 Å². The highest BCUT2D eigenvalue weighted by Crippen LogP contribution is 2.30. The largest absolute Gasteiger partial charge is 0.492 e. The van der Waals surface area contributed by atoms with Crippen LogP contribution in [0.2, 0.25) is 10.0 Å². The molecule has 0 aliphatic heterocycles. The molecule has 0 aliphatic rings. The van der Waals surface area contributed by atoms with Gasteiger partial charge in [0.2, 0.25) is 0 Å². The Morgan fingerprint density at radius 2 is 1.59 bits per heavy atom. The van der Waals surface area contributed by atoms with E-state index < -0.39 is 15.9 Å². The summed E-state index contributed by atoms with van der Waals surface area (Å²) in [6.07, 6.45) is 0. The zero-order chi connectivity index (χ0) is 28.0. The average molecular weight is 584 g/mol. The number of rotatable bonds is 10. The zero-order valence-corrected chi connectivity index (χ0v) is 23.9. The van der Waals surface area contributed by atoms with Crippen LogP contribution in [-0.4, -0.2) is 27.5 Å². The second kappa shape index (κ2) is 12.6. The van der Waals surface area contributed by atoms with Crippen molar-refractivity contribution in [1.29, 1.82) is 0 Å². The number of para-hydroxylation sites is 1. The van der Waals surface area contributed by atoms with E-state index in [9.17, 15) is 13.2 Å². The molecule has 0 saturated carbocycles. The number of hydrogen-bond acceptors (Lipinski definition) is 4. The summed E-state index contributed by atoms with van der Waals surface area (Å²) in [5, 5.41) is 3.97. The van der Waals surface area contributed by atoms with E-state index in [1.165, 1.54) is 4.31 Å². The zero-order valence-electron chi connectivity index (χ0n) is 21.5. The second-order valence-corrected chi connectivity index (χ2v) is 11.7. The molecule has 9 heteroatoms. The SMILES string of the molecule is Cc1ccc(S(=O)(=O)N(Cc2ccc(Cl)cc2)c2ccccc2C(=O)NCCOc2ccc(C)c(Cl)c2)cc1. The average Bonchev–Trinajstić information content (AvgIpc) is 2.92. The van der Waals surface area contributed by atoms with E-state index in [1.54, 1.807) is 78.9 Å². The Morgan fingerprint density at radius 1 is 0.897 bits per heavy atom. The fourth-order valence-electron chi connectivity index (χ4n) is 3.87. The van der Waals surface area contributed by atoms with Gasteiger partial charge in [-0.1, -0.05) is 71.2 Å². The Kier molecular flexibility index (Phi) is 9.17. The quantitative estimate of drug-likeness (QED) is 0.208. The fourth-order valence-corrected chi connectivity index (χ4v) is 5.64. The van der Waals surface area contributed by atoms with Crippen LogP contribution in [0.3, 0.4) is 0 Å². The van der Waals surface area contributed by atoms with Gasteiger partial charge in [-0.2, -0.15) is 0 Å². The minimum Gasteiger partial charge on any atom is -0.492 e. The van der Waals surface area contributed by atoms with Crippen LogP contribution in [0.4, 0.5) is 5.69 Å². The Labute approximate surface area is 239 Å². The smallest absolute Gasteiger partial charge is 0.264 e. The van der Waals surface area contributed by atoms with Gasteiger partial charge in [0.1, 0.15) is 12.4 Å². The number of hydrogen-bond donors (Lipinski definition) is 1. The molecule has 4 aromatic rings. The van der Waals surface area contributed by atoms with Crippen molar-refractivity contribution in [3.8, 4) is 5.75 Å². The van der Waals surface area contributed by atoms with Crippen molar-refractivity contribution in [1.82, 2.24) is 5.32 Å². The number of carbonyl (C=O) groups excluding carboxylic acids is 1. The lowest BCUT2D eigenvalue weighted by Crippen LogP contribution is -2.34. The number of benzene rings is 4. The molecule has 0 atom stereocenters. The molecule has 0 aliphatic carbocycles. The lowest BCUT2D eigenvalue weighted by molar-refractivity contribution is 0.0947. The molecular weight excluding hydrogens is 555 g/mol. The van der Waals surface area contributed by atoms with Gasteiger partial charge in [-0.3, -0.25) is 9.10 Å². The minimum atomic E-state index is -4.02. The first kappa shape index (κ1) is 28.5. The van der Waals surface area contributed by atoms with Crippen LogP contribution in [-0.2, 0) is 16.6 Å². The molecule has 0 spiro atoms. The molecule has 0 saturated heterocycles. The number of sulfonamides is 1. The van der Waals surface area contributed by atoms with Crippen molar-refractivity contribution >= 4 is 44.8 Å². The van der Waals surface area contributed by atoms with Gasteiger partial charge in [-0.15, -0.1) is 0 Å². The van der Waals surface area contributed by atoms with Gasteiger partial charge in [-0.05, 0) is 73.5 Å². The maximum atomic E-state index is 13.9. The van der Waals surface area contributed by atoms with Gasteiger partial charge in [0.25, 0.3) is 15.9 Å². The molecule has 0 unspecified atom stereocenters. The van der Waals surface area contributed by atoms with Crippen molar-refractivity contribution < 1.29 is 17.9 Å². The van der Waals surface area contributed by atoms with Gasteiger partial charge in [0, 0.05) is 10.0 Å². The van der Waals surface area contributed by atoms with Crippen LogP contribution < -0.4 is 14.4 Å². The van der Waals surface area contributed by atoms with Crippen molar-refractivity contribution in [2.24, 2.45) is 0 Å². The number of anilines is 1. The molecule has 6 nitrogen and oxygen atoms in total. The van der Waals surface area contributed by atoms with Crippen LogP contribution >= 0.6 is 23.2 Å². The standard InChI is InChI=1S/C30H28Cl2N2O4S/c1-21-7-15-26(16-8-21)39(36,37)34(20-23-10-12-24(31)13-11-23)29-6-4-3-5-27(29)30(35)33-17-18-38-25-14-9-22(2)28(32)19-25/h3-16,19H,17-18,20H2,1-2H3,(H,33,35). The first-order valence-electron chi connectivity index (χ1n) is 12.2. The van der Waals surface area contributed by atoms with E-state index in [-0.39, 0.29) is 35.8 Å². The van der Waals surface area contributed by atoms with Crippen LogP contribution in [0, 0.1) is 13.8 Å². The van der Waals surface area contributed by atoms with Gasteiger partial charge < -0.3 is 10.1 Å². The number of amides is 1. The summed E-state index contributed by atoms with van der Waals surface area (Å²) in [5.41, 5.74) is 3.08. The van der Waals surface area contributed by atoms with E-state index in [4.69, 9.17) is 27.9 Å². The number of nitrogens with zero attached hydrogens (tertiary/aromatic N) is 1. The Morgan fingerprint density at radius 3 is 2.28 bits per heavy atom. The fraction of sp³-hybridized carbons (Fsp3) is 0.167. The van der Waals surface area contributed by atoms with E-state index in [1.807, 2.05) is 26.0 Å². The maximum Gasteiger partial charge on any atom is 0.264 e. The minimum absolute atomic E-state index is 0.00890. The Balaban J connectivity index is 1.59. The maximum absolute atomic E-state index is 13.9. The highest BCUT2D eigenvalue weighted by atomic mass is 35.5. The summed E-state index contributed by atoms with van der Waals surface area (Å²) in [6.45, 7) is 4.22. The predicted octanol–water partition coefficient (Wildman–Crippen LogP) is 6.81. The molecule has 1 N–H and O–H groups in total. The number of halogens is 2. The molecule has 39 heavy (non-hydrogen) atoms. The Bertz CT molecular complexity index is 1560. The monoisotopic (exact) mass is 582 g/mol. The molecule has 0 radical (unpaired) electrons. The van der Waals surface area contributed by atoms with Gasteiger partial charge in [0.15, 0.2) is 0 Å². The molecule has 0 aromatic heterocycles. The van der Waals surface area contributed by atoms with Gasteiger partial charge in [-0.25, -0.2) is 8.42 Å². The summed E-state index contributed by atoms with van der Waals surface area (Å²) in [6, 6.07) is 25.6. The number of aryl methyl sites for hydroxylation is 2. The highest BCUT2D eigenvalue weighted by Gasteiger charge is 2.28. The third kappa shape index (κ3) is 7.12. The first-order chi connectivity index (χ1) is 18.6. The van der Waals surface area contributed by atoms with Gasteiger partial charge >= 0.3 is 0 Å². The number of ether oxygens (including phenoxy) is 1. The van der Waals surface area contributed by atoms with Crippen molar-refractivity contribution in [3.63, 3.8) is 0 Å². The van der Waals surface area contributed by atoms with Gasteiger partial charge in [0.05, 0.1) is 29.2 Å². The lowest BCUT2D eigenvalue weighted by atomic mass is 10.1. The summed E-state index contributed by atoms with van der Waals surface area (Å²) in [7, 11) is -4.02. The normalized spacial score (nSPS) is 11.2. The van der Waals surface area contributed by atoms with Crippen LogP contribution in [0.25, 0.3) is 0 Å². The lowest BCUT2D eigenvalue weighted by Gasteiger charge is -2.27. The van der Waals surface area contributed by atoms with Crippen molar-refractivity contribution in [2.75, 3.05) is 17.5 Å². The molecule has 0 bridgehead atoms. The summed E-state index contributed by atoms with van der Waals surface area (Å²) in [5.74, 6) is 0.176. The topological polar surface area (TPSA) is 75.7 Å². The van der Waals surface area contributed by atoms with Crippen LogP contribution in [0.15, 0.2) is 95.9 Å². The summed E-state index contributed by atoms with van der Waals surface area (Å²) in [4.78, 5) is 13.4. The molecule has 1 amide bonds. The molecule has 202 valence electrons. The van der Waals surface area contributed by atoms with Crippen LogP contribution in [0.1, 0.15) is 27.0 Å². The molecule has 0 fully saturated rings. The Hall–Kier alpha value is -3.52. The third-order valence-electron chi connectivity index (χ3n) is 6.07. The first-order valence-corrected chi connectivity index (χ1v) is 14.4. The number of nitrogens with one attached hydrogen (secondary N) is 1. The summed E-state index contributed by atoms with van der Waals surface area (Å²) >= 11 is 12.2. The number of carbonyl (C=O) groups is 1.